The summed E-state index contributed by atoms with van der Waals surface area (Å²) in [5, 5.41) is 15.5. The Hall–Kier alpha value is -3.41. The minimum atomic E-state index is -0.968. The first-order chi connectivity index (χ1) is 12.4. The summed E-state index contributed by atoms with van der Waals surface area (Å²) in [5.41, 5.74) is 4.90. The highest BCUT2D eigenvalue weighted by Crippen LogP contribution is 2.21. The third kappa shape index (κ3) is 4.36. The van der Waals surface area contributed by atoms with Crippen LogP contribution in [0.2, 0.25) is 0 Å². The monoisotopic (exact) mass is 348 g/mol. The molecule has 6 heteroatoms. The van der Waals surface area contributed by atoms with E-state index in [4.69, 9.17) is 5.11 Å². The van der Waals surface area contributed by atoms with Crippen LogP contribution < -0.4 is 10.6 Å². The highest BCUT2D eigenvalue weighted by atomic mass is 16.4. The molecule has 3 N–H and O–H groups in total. The van der Waals surface area contributed by atoms with Crippen LogP contribution in [0, 0.1) is 20.8 Å². The van der Waals surface area contributed by atoms with Gasteiger partial charge in [0.1, 0.15) is 5.82 Å². The first-order valence-electron chi connectivity index (χ1n) is 8.20. The Morgan fingerprint density at radius 1 is 0.885 bits per heavy atom. The van der Waals surface area contributed by atoms with Gasteiger partial charge in [0.05, 0.1) is 5.56 Å². The number of aromatic nitrogens is 2. The van der Waals surface area contributed by atoms with Crippen LogP contribution in [0.25, 0.3) is 0 Å². The predicted molar refractivity (Wildman–Crippen MR) is 103 cm³/mol. The molecule has 0 amide bonds. The van der Waals surface area contributed by atoms with Crippen molar-refractivity contribution in [1.29, 1.82) is 0 Å². The Bertz CT molecular complexity index is 950. The molecule has 6 nitrogen and oxygen atoms in total. The fourth-order valence-corrected chi connectivity index (χ4v) is 2.74. The molecule has 2 aromatic carbocycles. The van der Waals surface area contributed by atoms with Gasteiger partial charge < -0.3 is 15.7 Å². The number of aromatic carboxylic acids is 1. The van der Waals surface area contributed by atoms with E-state index in [0.29, 0.717) is 17.5 Å². The molecule has 3 rings (SSSR count). The quantitative estimate of drug-likeness (QED) is 0.625. The van der Waals surface area contributed by atoms with Crippen LogP contribution in [-0.4, -0.2) is 21.0 Å². The molecule has 0 unspecified atom stereocenters. The molecule has 26 heavy (non-hydrogen) atoms. The van der Waals surface area contributed by atoms with Crippen molar-refractivity contribution < 1.29 is 9.90 Å². The zero-order chi connectivity index (χ0) is 18.7. The van der Waals surface area contributed by atoms with Gasteiger partial charge in [-0.25, -0.2) is 9.78 Å². The topological polar surface area (TPSA) is 87.1 Å². The number of rotatable bonds is 5. The van der Waals surface area contributed by atoms with Crippen molar-refractivity contribution in [2.24, 2.45) is 0 Å². The van der Waals surface area contributed by atoms with Gasteiger partial charge in [-0.05, 0) is 62.2 Å². The molecule has 0 aliphatic carbocycles. The molecule has 132 valence electrons. The molecule has 0 fully saturated rings. The number of carboxylic acids is 1. The van der Waals surface area contributed by atoms with Crippen LogP contribution in [0.15, 0.2) is 48.5 Å². The Morgan fingerprint density at radius 2 is 1.62 bits per heavy atom. The summed E-state index contributed by atoms with van der Waals surface area (Å²) < 4.78 is 0. The van der Waals surface area contributed by atoms with Crippen molar-refractivity contribution in [2.45, 2.75) is 20.8 Å². The third-order valence-electron chi connectivity index (χ3n) is 3.71. The summed E-state index contributed by atoms with van der Waals surface area (Å²) in [5.74, 6) is 0.100. The molecular formula is C20H20N4O2. The van der Waals surface area contributed by atoms with Crippen molar-refractivity contribution >= 4 is 29.1 Å². The second kappa shape index (κ2) is 7.23. The number of anilines is 4. The summed E-state index contributed by atoms with van der Waals surface area (Å²) in [6.07, 6.45) is 0. The van der Waals surface area contributed by atoms with Crippen LogP contribution >= 0.6 is 0 Å². The van der Waals surface area contributed by atoms with Gasteiger partial charge in [0, 0.05) is 23.1 Å². The van der Waals surface area contributed by atoms with Crippen LogP contribution in [-0.2, 0) is 0 Å². The second-order valence-corrected chi connectivity index (χ2v) is 6.23. The standard InChI is InChI=1S/C20H20N4O2/c1-12-7-13(2)9-17(8-12)23-20-21-14(3)10-18(24-20)22-16-6-4-5-15(11-16)19(25)26/h4-11H,1-3H3,(H,25,26)(H2,21,22,23,24). The van der Waals surface area contributed by atoms with Gasteiger partial charge in [-0.1, -0.05) is 12.1 Å². The second-order valence-electron chi connectivity index (χ2n) is 6.23. The average Bonchev–Trinajstić information content (AvgIpc) is 2.53. The SMILES string of the molecule is Cc1cc(C)cc(Nc2nc(C)cc(Nc3cccc(C(=O)O)c3)n2)c1. The molecule has 0 aliphatic rings. The first-order valence-corrected chi connectivity index (χ1v) is 8.20. The molecule has 0 spiro atoms. The first kappa shape index (κ1) is 17.4. The van der Waals surface area contributed by atoms with Crippen LogP contribution in [0.5, 0.6) is 0 Å². The van der Waals surface area contributed by atoms with E-state index in [-0.39, 0.29) is 5.56 Å². The van der Waals surface area contributed by atoms with Gasteiger partial charge in [0.15, 0.2) is 0 Å². The molecule has 0 bridgehead atoms. The van der Waals surface area contributed by atoms with Crippen LogP contribution in [0.4, 0.5) is 23.1 Å². The Labute approximate surface area is 152 Å². The predicted octanol–water partition coefficient (Wildman–Crippen LogP) is 4.59. The number of nitrogens with one attached hydrogen (secondary N) is 2. The Morgan fingerprint density at radius 3 is 2.31 bits per heavy atom. The summed E-state index contributed by atoms with van der Waals surface area (Å²) in [6, 6.07) is 14.6. The van der Waals surface area contributed by atoms with Crippen LogP contribution in [0.1, 0.15) is 27.2 Å². The molecule has 1 heterocycles. The van der Waals surface area contributed by atoms with Gasteiger partial charge in [-0.3, -0.25) is 0 Å². The number of carbonyl (C=O) groups is 1. The van der Waals surface area contributed by atoms with E-state index in [1.54, 1.807) is 30.3 Å². The van der Waals surface area contributed by atoms with E-state index in [2.05, 4.69) is 26.7 Å². The lowest BCUT2D eigenvalue weighted by Gasteiger charge is -2.11. The van der Waals surface area contributed by atoms with Gasteiger partial charge in [-0.15, -0.1) is 0 Å². The lowest BCUT2D eigenvalue weighted by molar-refractivity contribution is 0.0697. The average molecular weight is 348 g/mol. The van der Waals surface area contributed by atoms with Crippen molar-refractivity contribution in [3.05, 3.63) is 70.9 Å². The van der Waals surface area contributed by atoms with Gasteiger partial charge in [0.25, 0.3) is 0 Å². The molecular weight excluding hydrogens is 328 g/mol. The maximum atomic E-state index is 11.1. The molecule has 3 aromatic rings. The minimum absolute atomic E-state index is 0.217. The number of hydrogen-bond acceptors (Lipinski definition) is 5. The van der Waals surface area contributed by atoms with Crippen molar-refractivity contribution in [3.63, 3.8) is 0 Å². The third-order valence-corrected chi connectivity index (χ3v) is 3.71. The zero-order valence-corrected chi connectivity index (χ0v) is 14.9. The van der Waals surface area contributed by atoms with E-state index in [1.807, 2.05) is 32.9 Å². The summed E-state index contributed by atoms with van der Waals surface area (Å²) in [4.78, 5) is 20.0. The van der Waals surface area contributed by atoms with Crippen molar-refractivity contribution in [3.8, 4) is 0 Å². The fraction of sp³-hybridized carbons (Fsp3) is 0.150. The molecule has 0 atom stereocenters. The molecule has 0 aliphatic heterocycles. The lowest BCUT2D eigenvalue weighted by Crippen LogP contribution is -2.03. The van der Waals surface area contributed by atoms with Crippen molar-refractivity contribution in [1.82, 2.24) is 9.97 Å². The van der Waals surface area contributed by atoms with Gasteiger partial charge >= 0.3 is 5.97 Å². The summed E-state index contributed by atoms with van der Waals surface area (Å²) >= 11 is 0. The zero-order valence-electron chi connectivity index (χ0n) is 14.9. The van der Waals surface area contributed by atoms with Crippen molar-refractivity contribution in [2.75, 3.05) is 10.6 Å². The normalized spacial score (nSPS) is 10.4. The lowest BCUT2D eigenvalue weighted by atomic mass is 10.1. The van der Waals surface area contributed by atoms with E-state index in [0.717, 1.165) is 22.5 Å². The van der Waals surface area contributed by atoms with E-state index in [1.165, 1.54) is 0 Å². The molecule has 1 aromatic heterocycles. The molecule has 0 saturated carbocycles. The van der Waals surface area contributed by atoms with Gasteiger partial charge in [-0.2, -0.15) is 4.98 Å². The minimum Gasteiger partial charge on any atom is -0.478 e. The summed E-state index contributed by atoms with van der Waals surface area (Å²) in [7, 11) is 0. The maximum Gasteiger partial charge on any atom is 0.335 e. The summed E-state index contributed by atoms with van der Waals surface area (Å²) in [6.45, 7) is 5.96. The molecule has 0 radical (unpaired) electrons. The van der Waals surface area contributed by atoms with Crippen LogP contribution in [0.3, 0.4) is 0 Å². The number of hydrogen-bond donors (Lipinski definition) is 3. The number of aryl methyl sites for hydroxylation is 3. The van der Waals surface area contributed by atoms with E-state index < -0.39 is 5.97 Å². The Balaban J connectivity index is 1.85. The molecule has 0 saturated heterocycles. The number of carboxylic acid groups (broad SMARTS) is 1. The van der Waals surface area contributed by atoms with Gasteiger partial charge in [0.2, 0.25) is 5.95 Å². The number of nitrogens with zero attached hydrogens (tertiary/aromatic N) is 2. The maximum absolute atomic E-state index is 11.1. The largest absolute Gasteiger partial charge is 0.478 e. The highest BCUT2D eigenvalue weighted by Gasteiger charge is 2.07. The highest BCUT2D eigenvalue weighted by molar-refractivity contribution is 5.89. The number of benzene rings is 2. The fourth-order valence-electron chi connectivity index (χ4n) is 2.74. The Kier molecular flexibility index (Phi) is 4.84. The van der Waals surface area contributed by atoms with E-state index in [9.17, 15) is 4.79 Å². The van der Waals surface area contributed by atoms with E-state index >= 15 is 0 Å². The smallest absolute Gasteiger partial charge is 0.335 e.